The van der Waals surface area contributed by atoms with Crippen LogP contribution in [0.3, 0.4) is 0 Å². The Labute approximate surface area is 112 Å². The lowest BCUT2D eigenvalue weighted by Gasteiger charge is -2.26. The van der Waals surface area contributed by atoms with Gasteiger partial charge in [-0.1, -0.05) is 30.3 Å². The zero-order valence-electron chi connectivity index (χ0n) is 10.7. The van der Waals surface area contributed by atoms with Gasteiger partial charge < -0.3 is 9.64 Å². The monoisotopic (exact) mass is 261 g/mol. The summed E-state index contributed by atoms with van der Waals surface area (Å²) in [5.74, 6) is 0. The van der Waals surface area contributed by atoms with Gasteiger partial charge in [-0.15, -0.1) is 0 Å². The lowest BCUT2D eigenvalue weighted by molar-refractivity contribution is 0.135. The molecular weight excluding hydrogens is 244 g/mol. The van der Waals surface area contributed by atoms with Gasteiger partial charge in [0.2, 0.25) is 0 Å². The summed E-state index contributed by atoms with van der Waals surface area (Å²) in [4.78, 5) is 24.8. The molecule has 1 aliphatic rings. The van der Waals surface area contributed by atoms with E-state index in [1.165, 1.54) is 0 Å². The fraction of sp³-hybridized carbons (Fsp3) is 0.357. The number of amides is 3. The van der Waals surface area contributed by atoms with Gasteiger partial charge in [-0.25, -0.2) is 14.9 Å². The predicted octanol–water partition coefficient (Wildman–Crippen LogP) is 2.33. The molecule has 19 heavy (non-hydrogen) atoms. The minimum Gasteiger partial charge on any atom is -0.444 e. The number of likely N-dealkylation sites (tertiary alicyclic amines) is 1. The minimum atomic E-state index is -0.705. The van der Waals surface area contributed by atoms with E-state index in [2.05, 4.69) is 11.7 Å². The van der Waals surface area contributed by atoms with E-state index in [1.807, 2.05) is 30.3 Å². The van der Waals surface area contributed by atoms with Gasteiger partial charge >= 0.3 is 12.1 Å². The number of carbonyl (C=O) groups excluding carboxylic acids is 2. The highest BCUT2D eigenvalue weighted by atomic mass is 16.5. The van der Waals surface area contributed by atoms with Crippen LogP contribution in [0.25, 0.3) is 0 Å². The predicted molar refractivity (Wildman–Crippen MR) is 70.3 cm³/mol. The molecule has 5 nitrogen and oxygen atoms in total. The third-order valence-electron chi connectivity index (χ3n) is 2.92. The number of hydrogen-bond acceptors (Lipinski definition) is 3. The Bertz CT molecular complexity index is 428. The van der Waals surface area contributed by atoms with Crippen molar-refractivity contribution in [2.75, 3.05) is 13.1 Å². The Balaban J connectivity index is 1.73. The highest BCUT2D eigenvalue weighted by Gasteiger charge is 2.18. The van der Waals surface area contributed by atoms with E-state index in [0.717, 1.165) is 18.4 Å². The summed E-state index contributed by atoms with van der Waals surface area (Å²) < 4.78 is 4.98. The lowest BCUT2D eigenvalue weighted by Crippen LogP contribution is -2.45. The number of imide groups is 1. The molecule has 1 aromatic carbocycles. The van der Waals surface area contributed by atoms with E-state index >= 15 is 0 Å². The molecule has 0 atom stereocenters. The van der Waals surface area contributed by atoms with Gasteiger partial charge in [0.1, 0.15) is 6.61 Å². The van der Waals surface area contributed by atoms with E-state index in [-0.39, 0.29) is 12.6 Å². The SMILES string of the molecule is O=C(NC(=O)N1CC[CH]CC1)OCc1ccccc1. The molecule has 1 N–H and O–H groups in total. The maximum Gasteiger partial charge on any atom is 0.415 e. The van der Waals surface area contributed by atoms with Crippen molar-refractivity contribution in [2.24, 2.45) is 0 Å². The second-order valence-corrected chi connectivity index (χ2v) is 4.34. The van der Waals surface area contributed by atoms with Crippen LogP contribution in [0.15, 0.2) is 30.3 Å². The molecule has 1 saturated heterocycles. The molecule has 0 spiro atoms. The Kier molecular flexibility index (Phi) is 4.78. The summed E-state index contributed by atoms with van der Waals surface area (Å²) in [6.45, 7) is 1.46. The number of rotatable bonds is 2. The number of ether oxygens (including phenoxy) is 1. The average Bonchev–Trinajstić information content (AvgIpc) is 2.47. The zero-order valence-corrected chi connectivity index (χ0v) is 10.7. The Morgan fingerprint density at radius 3 is 2.53 bits per heavy atom. The number of nitrogens with one attached hydrogen (secondary N) is 1. The van der Waals surface area contributed by atoms with Gasteiger partial charge in [-0.3, -0.25) is 0 Å². The Hall–Kier alpha value is -2.04. The number of benzene rings is 1. The van der Waals surface area contributed by atoms with Crippen molar-refractivity contribution in [1.82, 2.24) is 10.2 Å². The first kappa shape index (κ1) is 13.4. The maximum atomic E-state index is 11.7. The third-order valence-corrected chi connectivity index (χ3v) is 2.92. The van der Waals surface area contributed by atoms with Gasteiger partial charge in [0, 0.05) is 13.1 Å². The van der Waals surface area contributed by atoms with E-state index in [1.54, 1.807) is 4.90 Å². The molecule has 1 aromatic rings. The summed E-state index contributed by atoms with van der Waals surface area (Å²) in [5, 5.41) is 2.23. The number of piperidine rings is 1. The molecule has 0 unspecified atom stereocenters. The molecule has 5 heteroatoms. The lowest BCUT2D eigenvalue weighted by atomic mass is 10.1. The van der Waals surface area contributed by atoms with Gasteiger partial charge in [0.25, 0.3) is 0 Å². The summed E-state index contributed by atoms with van der Waals surface area (Å²) in [6, 6.07) is 8.95. The van der Waals surface area contributed by atoms with Crippen molar-refractivity contribution in [3.63, 3.8) is 0 Å². The van der Waals surface area contributed by atoms with Gasteiger partial charge in [0.05, 0.1) is 0 Å². The zero-order chi connectivity index (χ0) is 13.5. The van der Waals surface area contributed by atoms with Crippen molar-refractivity contribution in [3.05, 3.63) is 42.3 Å². The number of nitrogens with zero attached hydrogens (tertiary/aromatic N) is 1. The van der Waals surface area contributed by atoms with Gasteiger partial charge in [-0.05, 0) is 24.8 Å². The summed E-state index contributed by atoms with van der Waals surface area (Å²) in [7, 11) is 0. The second-order valence-electron chi connectivity index (χ2n) is 4.34. The van der Waals surface area contributed by atoms with Crippen molar-refractivity contribution < 1.29 is 14.3 Å². The smallest absolute Gasteiger partial charge is 0.415 e. The summed E-state index contributed by atoms with van der Waals surface area (Å²) in [5.41, 5.74) is 0.887. The van der Waals surface area contributed by atoms with Crippen LogP contribution < -0.4 is 5.32 Å². The van der Waals surface area contributed by atoms with Crippen LogP contribution >= 0.6 is 0 Å². The molecule has 1 heterocycles. The summed E-state index contributed by atoms with van der Waals surface area (Å²) >= 11 is 0. The van der Waals surface area contributed by atoms with Gasteiger partial charge in [0.15, 0.2) is 0 Å². The molecule has 101 valence electrons. The topological polar surface area (TPSA) is 58.6 Å². The number of urea groups is 1. The Morgan fingerprint density at radius 1 is 1.16 bits per heavy atom. The second kappa shape index (κ2) is 6.78. The first-order valence-electron chi connectivity index (χ1n) is 6.34. The quantitative estimate of drug-likeness (QED) is 0.888. The van der Waals surface area contributed by atoms with E-state index in [4.69, 9.17) is 4.74 Å². The number of carbonyl (C=O) groups is 2. The molecule has 1 radical (unpaired) electrons. The van der Waals surface area contributed by atoms with Crippen LogP contribution in [0.1, 0.15) is 18.4 Å². The highest BCUT2D eigenvalue weighted by molar-refractivity contribution is 5.90. The van der Waals surface area contributed by atoms with Gasteiger partial charge in [-0.2, -0.15) is 0 Å². The molecule has 3 amide bonds. The molecule has 0 bridgehead atoms. The first-order chi connectivity index (χ1) is 9.25. The van der Waals surface area contributed by atoms with E-state index in [0.29, 0.717) is 13.1 Å². The van der Waals surface area contributed by atoms with E-state index < -0.39 is 6.09 Å². The van der Waals surface area contributed by atoms with Crippen LogP contribution in [0.2, 0.25) is 0 Å². The standard InChI is InChI=1S/C14H17N2O3/c17-13(16-9-5-2-6-10-16)15-14(18)19-11-12-7-3-1-4-8-12/h1-4,7-8H,5-6,9-11H2,(H,15,17,18). The molecule has 1 fully saturated rings. The fourth-order valence-corrected chi connectivity index (χ4v) is 1.88. The van der Waals surface area contributed by atoms with Crippen LogP contribution in [-0.2, 0) is 11.3 Å². The third kappa shape index (κ3) is 4.28. The summed E-state index contributed by atoms with van der Waals surface area (Å²) in [6.07, 6.45) is 3.17. The maximum absolute atomic E-state index is 11.7. The largest absolute Gasteiger partial charge is 0.444 e. The van der Waals surface area contributed by atoms with Crippen molar-refractivity contribution >= 4 is 12.1 Å². The highest BCUT2D eigenvalue weighted by Crippen LogP contribution is 2.07. The van der Waals surface area contributed by atoms with E-state index in [9.17, 15) is 9.59 Å². The molecule has 2 rings (SSSR count). The molecular formula is C14H17N2O3. The first-order valence-corrected chi connectivity index (χ1v) is 6.34. The number of hydrogen-bond donors (Lipinski definition) is 1. The van der Waals surface area contributed by atoms with Crippen LogP contribution in [-0.4, -0.2) is 30.1 Å². The fourth-order valence-electron chi connectivity index (χ4n) is 1.88. The molecule has 0 saturated carbocycles. The van der Waals surface area contributed by atoms with Crippen molar-refractivity contribution in [1.29, 1.82) is 0 Å². The normalized spacial score (nSPS) is 14.8. The van der Waals surface area contributed by atoms with Crippen molar-refractivity contribution in [2.45, 2.75) is 19.4 Å². The van der Waals surface area contributed by atoms with Crippen molar-refractivity contribution in [3.8, 4) is 0 Å². The number of alkyl carbamates (subject to hydrolysis) is 1. The molecule has 0 aliphatic carbocycles. The molecule has 0 aromatic heterocycles. The van der Waals surface area contributed by atoms with Crippen LogP contribution in [0, 0.1) is 6.42 Å². The molecule has 1 aliphatic heterocycles. The van der Waals surface area contributed by atoms with Crippen LogP contribution in [0.4, 0.5) is 9.59 Å². The average molecular weight is 261 g/mol. The Morgan fingerprint density at radius 2 is 1.84 bits per heavy atom. The minimum absolute atomic E-state index is 0.160. The van der Waals surface area contributed by atoms with Crippen LogP contribution in [0.5, 0.6) is 0 Å².